The second kappa shape index (κ2) is 11.6. The lowest BCUT2D eigenvalue weighted by Crippen LogP contribution is -2.31. The van der Waals surface area contributed by atoms with Gasteiger partial charge in [0.15, 0.2) is 11.5 Å². The van der Waals surface area contributed by atoms with E-state index in [4.69, 9.17) is 4.74 Å². The maximum absolute atomic E-state index is 13.2. The molecule has 0 aliphatic heterocycles. The fourth-order valence-corrected chi connectivity index (χ4v) is 3.74. The van der Waals surface area contributed by atoms with Crippen molar-refractivity contribution in [1.29, 1.82) is 0 Å². The third-order valence-corrected chi connectivity index (χ3v) is 5.86. The summed E-state index contributed by atoms with van der Waals surface area (Å²) in [4.78, 5) is 43.3. The first-order valence-electron chi connectivity index (χ1n) is 11.9. The highest BCUT2D eigenvalue weighted by atomic mass is 16.5. The van der Waals surface area contributed by atoms with Crippen LogP contribution in [0.15, 0.2) is 53.1 Å². The highest BCUT2D eigenvalue weighted by Gasteiger charge is 2.27. The lowest BCUT2D eigenvalue weighted by Gasteiger charge is -2.18. The van der Waals surface area contributed by atoms with E-state index in [1.807, 2.05) is 24.3 Å². The van der Waals surface area contributed by atoms with Crippen molar-refractivity contribution in [3.05, 3.63) is 69.9 Å². The van der Waals surface area contributed by atoms with Crippen LogP contribution < -0.4 is 10.9 Å². The summed E-state index contributed by atoms with van der Waals surface area (Å²) in [7, 11) is 0. The zero-order valence-corrected chi connectivity index (χ0v) is 20.9. The van der Waals surface area contributed by atoms with Gasteiger partial charge in [-0.05, 0) is 47.0 Å². The van der Waals surface area contributed by atoms with Crippen LogP contribution in [0, 0.1) is 0 Å². The van der Waals surface area contributed by atoms with Crippen LogP contribution in [0.2, 0.25) is 0 Å². The molecule has 0 spiro atoms. The second-order valence-corrected chi connectivity index (χ2v) is 8.51. The molecule has 2 heterocycles. The van der Waals surface area contributed by atoms with E-state index >= 15 is 0 Å². The molecule has 35 heavy (non-hydrogen) atoms. The van der Waals surface area contributed by atoms with Crippen LogP contribution in [0.5, 0.6) is 0 Å². The molecule has 3 rings (SSSR count). The van der Waals surface area contributed by atoms with Crippen molar-refractivity contribution >= 4 is 33.9 Å². The number of hydrogen-bond acceptors (Lipinski definition) is 7. The van der Waals surface area contributed by atoms with Crippen LogP contribution in [0.3, 0.4) is 0 Å². The molecule has 1 unspecified atom stereocenters. The van der Waals surface area contributed by atoms with Gasteiger partial charge in [0.25, 0.3) is 5.56 Å². The van der Waals surface area contributed by atoms with Gasteiger partial charge in [-0.15, -0.1) is 0 Å². The van der Waals surface area contributed by atoms with Crippen LogP contribution in [0.4, 0.5) is 11.4 Å². The number of Topliss-reactive ketones (excluding diaryl/α,β-unsaturated/α-hetero) is 1. The van der Waals surface area contributed by atoms with E-state index in [0.29, 0.717) is 12.1 Å². The Morgan fingerprint density at radius 1 is 1.17 bits per heavy atom. The normalized spacial score (nSPS) is 12.4. The van der Waals surface area contributed by atoms with Gasteiger partial charge in [0, 0.05) is 23.5 Å². The van der Waals surface area contributed by atoms with Gasteiger partial charge in [0.2, 0.25) is 0 Å². The number of nitrogens with zero attached hydrogens (tertiary/aromatic N) is 3. The molecule has 0 aliphatic rings. The summed E-state index contributed by atoms with van der Waals surface area (Å²) in [5, 5.41) is 8.95. The minimum absolute atomic E-state index is 0.0198. The van der Waals surface area contributed by atoms with E-state index in [0.717, 1.165) is 28.3 Å². The number of carbonyl (C=O) groups is 2. The first kappa shape index (κ1) is 25.8. The molecule has 184 valence electrons. The maximum Gasteiger partial charge on any atom is 0.359 e. The number of benzene rings is 1. The molecule has 0 fully saturated rings. The third kappa shape index (κ3) is 6.01. The molecule has 0 saturated carbocycles. The average Bonchev–Trinajstić information content (AvgIpc) is 2.84. The van der Waals surface area contributed by atoms with Crippen LogP contribution in [0.1, 0.15) is 74.7 Å². The summed E-state index contributed by atoms with van der Waals surface area (Å²) in [5.41, 5.74) is 1.03. The van der Waals surface area contributed by atoms with Gasteiger partial charge in [-0.1, -0.05) is 42.8 Å². The zero-order chi connectivity index (χ0) is 25.5. The van der Waals surface area contributed by atoms with Gasteiger partial charge < -0.3 is 10.1 Å². The van der Waals surface area contributed by atoms with Crippen molar-refractivity contribution in [2.45, 2.75) is 66.5 Å². The number of fused-ring (bicyclic) bond motifs is 1. The van der Waals surface area contributed by atoms with Crippen molar-refractivity contribution in [3.8, 4) is 0 Å². The Labute approximate surface area is 205 Å². The summed E-state index contributed by atoms with van der Waals surface area (Å²) in [5.74, 6) is -1.20. The van der Waals surface area contributed by atoms with Crippen molar-refractivity contribution in [1.82, 2.24) is 14.8 Å². The van der Waals surface area contributed by atoms with Gasteiger partial charge in [-0.2, -0.15) is 5.10 Å². The molecule has 0 amide bonds. The Morgan fingerprint density at radius 3 is 2.60 bits per heavy atom. The van der Waals surface area contributed by atoms with E-state index in [9.17, 15) is 14.4 Å². The Morgan fingerprint density at radius 2 is 1.91 bits per heavy atom. The van der Waals surface area contributed by atoms with Gasteiger partial charge in [0.1, 0.15) is 5.69 Å². The first-order chi connectivity index (χ1) is 16.8. The van der Waals surface area contributed by atoms with E-state index in [-0.39, 0.29) is 29.6 Å². The Balaban J connectivity index is 2.02. The monoisotopic (exact) mass is 476 g/mol. The number of carbonyl (C=O) groups excluding carboxylic acids is 2. The van der Waals surface area contributed by atoms with Crippen molar-refractivity contribution in [2.75, 3.05) is 5.32 Å². The van der Waals surface area contributed by atoms with Crippen LogP contribution in [-0.2, 0) is 11.3 Å². The molecule has 2 aromatic heterocycles. The van der Waals surface area contributed by atoms with Crippen molar-refractivity contribution in [2.24, 2.45) is 0 Å². The number of aromatic nitrogens is 3. The Kier molecular flexibility index (Phi) is 8.52. The van der Waals surface area contributed by atoms with E-state index in [1.54, 1.807) is 26.2 Å². The zero-order valence-electron chi connectivity index (χ0n) is 20.9. The van der Waals surface area contributed by atoms with Gasteiger partial charge >= 0.3 is 5.97 Å². The first-order valence-corrected chi connectivity index (χ1v) is 11.9. The molecule has 0 bridgehead atoms. The number of esters is 1. The van der Waals surface area contributed by atoms with Gasteiger partial charge in [0.05, 0.1) is 23.6 Å². The number of allylic oxidation sites excluding steroid dienone is 2. The SMILES string of the molecule is CC/C(C)=C/CCC(C)OC(=O)c1nn(CC)c(=O)c(Nc2cncc3ccccc23)c1C(C)=O. The second-order valence-electron chi connectivity index (χ2n) is 8.51. The fraction of sp³-hybridized carbons (Fsp3) is 0.370. The van der Waals surface area contributed by atoms with Crippen LogP contribution in [0.25, 0.3) is 10.8 Å². The predicted molar refractivity (Wildman–Crippen MR) is 137 cm³/mol. The lowest BCUT2D eigenvalue weighted by atomic mass is 10.1. The predicted octanol–water partition coefficient (Wildman–Crippen LogP) is 5.44. The molecular formula is C27H32N4O4. The van der Waals surface area contributed by atoms with E-state index < -0.39 is 17.3 Å². The topological polar surface area (TPSA) is 103 Å². The largest absolute Gasteiger partial charge is 0.458 e. The molecule has 0 radical (unpaired) electrons. The summed E-state index contributed by atoms with van der Waals surface area (Å²) >= 11 is 0. The van der Waals surface area contributed by atoms with Crippen molar-refractivity contribution < 1.29 is 14.3 Å². The highest BCUT2D eigenvalue weighted by Crippen LogP contribution is 2.27. The molecule has 0 saturated heterocycles. The summed E-state index contributed by atoms with van der Waals surface area (Å²) in [6.45, 7) is 9.22. The number of nitrogens with one attached hydrogen (secondary N) is 1. The van der Waals surface area contributed by atoms with E-state index in [1.165, 1.54) is 12.5 Å². The van der Waals surface area contributed by atoms with Gasteiger partial charge in [-0.3, -0.25) is 14.6 Å². The number of anilines is 2. The van der Waals surface area contributed by atoms with Crippen molar-refractivity contribution in [3.63, 3.8) is 0 Å². The number of hydrogen-bond donors (Lipinski definition) is 1. The Hall–Kier alpha value is -3.81. The lowest BCUT2D eigenvalue weighted by molar-refractivity contribution is 0.0314. The summed E-state index contributed by atoms with van der Waals surface area (Å²) in [6, 6.07) is 7.55. The highest BCUT2D eigenvalue weighted by molar-refractivity contribution is 6.09. The third-order valence-electron chi connectivity index (χ3n) is 5.86. The standard InChI is InChI=1S/C27H32N4O4/c1-6-17(3)11-10-12-18(4)35-27(34)25-23(19(5)32)24(26(33)31(7-2)30-25)29-22-16-28-15-20-13-8-9-14-21(20)22/h8-9,11,13-16,18,29H,6-7,10,12H2,1-5H3/b17-11+. The minimum atomic E-state index is -0.736. The number of pyridine rings is 1. The average molecular weight is 477 g/mol. The minimum Gasteiger partial charge on any atom is -0.458 e. The number of ether oxygens (including phenoxy) is 1. The smallest absolute Gasteiger partial charge is 0.359 e. The molecule has 8 heteroatoms. The summed E-state index contributed by atoms with van der Waals surface area (Å²) in [6.07, 6.45) is 7.42. The molecular weight excluding hydrogens is 444 g/mol. The molecule has 1 aromatic carbocycles. The van der Waals surface area contributed by atoms with Crippen LogP contribution >= 0.6 is 0 Å². The van der Waals surface area contributed by atoms with Gasteiger partial charge in [-0.25, -0.2) is 9.48 Å². The number of ketones is 1. The molecule has 0 aliphatic carbocycles. The number of aryl methyl sites for hydroxylation is 1. The van der Waals surface area contributed by atoms with E-state index in [2.05, 4.69) is 35.3 Å². The number of rotatable bonds is 10. The molecule has 8 nitrogen and oxygen atoms in total. The molecule has 1 N–H and O–H groups in total. The fourth-order valence-electron chi connectivity index (χ4n) is 3.74. The summed E-state index contributed by atoms with van der Waals surface area (Å²) < 4.78 is 6.77. The maximum atomic E-state index is 13.2. The quantitative estimate of drug-likeness (QED) is 0.236. The van der Waals surface area contributed by atoms with Crippen LogP contribution in [-0.4, -0.2) is 32.6 Å². The Bertz CT molecular complexity index is 1320. The molecule has 3 aromatic rings. The molecule has 1 atom stereocenters.